The summed E-state index contributed by atoms with van der Waals surface area (Å²) < 4.78 is 0. The lowest BCUT2D eigenvalue weighted by molar-refractivity contribution is -0.148. The van der Waals surface area contributed by atoms with Crippen LogP contribution >= 0.6 is 11.3 Å². The molecule has 0 saturated carbocycles. The van der Waals surface area contributed by atoms with Crippen LogP contribution in [0.4, 0.5) is 0 Å². The smallest absolute Gasteiger partial charge is 0.246 e. The van der Waals surface area contributed by atoms with E-state index in [4.69, 9.17) is 4.98 Å². The summed E-state index contributed by atoms with van der Waals surface area (Å²) in [5, 5.41) is 9.51. The van der Waals surface area contributed by atoms with E-state index in [1.165, 1.54) is 0 Å². The Kier molecular flexibility index (Phi) is 5.46. The predicted octanol–water partition coefficient (Wildman–Crippen LogP) is 2.41. The Balaban J connectivity index is 1.37. The summed E-state index contributed by atoms with van der Waals surface area (Å²) in [6.07, 6.45) is 1.52. The van der Waals surface area contributed by atoms with Crippen LogP contribution in [0, 0.1) is 5.92 Å². The number of aromatic nitrogens is 1. The van der Waals surface area contributed by atoms with Crippen LogP contribution in [0.1, 0.15) is 31.7 Å². The van der Waals surface area contributed by atoms with Crippen LogP contribution in [0.5, 0.6) is 0 Å². The fourth-order valence-corrected chi connectivity index (χ4v) is 4.71. The van der Waals surface area contributed by atoms with Gasteiger partial charge in [0.05, 0.1) is 5.69 Å². The van der Waals surface area contributed by atoms with E-state index in [1.807, 2.05) is 32.0 Å². The number of nitrogens with zero attached hydrogens (tertiary/aromatic N) is 2. The van der Waals surface area contributed by atoms with Crippen LogP contribution < -0.4 is 10.6 Å². The number of benzene rings is 1. The van der Waals surface area contributed by atoms with Crippen molar-refractivity contribution in [1.82, 2.24) is 20.5 Å². The van der Waals surface area contributed by atoms with Crippen molar-refractivity contribution < 1.29 is 9.59 Å². The van der Waals surface area contributed by atoms with Gasteiger partial charge in [0.25, 0.3) is 0 Å². The third kappa shape index (κ3) is 3.69. The fourth-order valence-electron chi connectivity index (χ4n) is 3.95. The maximum atomic E-state index is 12.8. The average molecular weight is 399 g/mol. The van der Waals surface area contributed by atoms with Gasteiger partial charge in [-0.25, -0.2) is 4.98 Å². The van der Waals surface area contributed by atoms with Crippen LogP contribution in [0.2, 0.25) is 0 Å². The van der Waals surface area contributed by atoms with Gasteiger partial charge in [0.2, 0.25) is 11.8 Å². The molecule has 6 nitrogen and oxygen atoms in total. The van der Waals surface area contributed by atoms with Gasteiger partial charge in [-0.05, 0) is 12.3 Å². The molecule has 148 valence electrons. The Bertz CT molecular complexity index is 853. The molecule has 0 radical (unpaired) electrons. The summed E-state index contributed by atoms with van der Waals surface area (Å²) in [7, 11) is 0. The fraction of sp³-hybridized carbons (Fsp3) is 0.476. The van der Waals surface area contributed by atoms with Gasteiger partial charge < -0.3 is 15.5 Å². The average Bonchev–Trinajstić information content (AvgIpc) is 3.37. The first-order valence-electron chi connectivity index (χ1n) is 9.91. The molecule has 0 spiro atoms. The van der Waals surface area contributed by atoms with Crippen molar-refractivity contribution in [1.29, 1.82) is 0 Å². The largest absolute Gasteiger partial charge is 0.342 e. The Hall–Kier alpha value is -2.25. The maximum Gasteiger partial charge on any atom is 0.246 e. The minimum absolute atomic E-state index is 0.0187. The first-order chi connectivity index (χ1) is 13.6. The number of thiazole rings is 1. The molecule has 2 aliphatic heterocycles. The molecule has 2 fully saturated rings. The highest BCUT2D eigenvalue weighted by atomic mass is 32.1. The third-order valence-electron chi connectivity index (χ3n) is 5.83. The van der Waals surface area contributed by atoms with Crippen molar-refractivity contribution >= 4 is 23.2 Å². The molecule has 2 N–H and O–H groups in total. The second-order valence-electron chi connectivity index (χ2n) is 7.68. The standard InChI is InChI=1S/C21H26N4O2S/c1-3-13(2)19-21(27)25-11-15(9-17(25)20(26)24-19)22-10-18-23-16(12-28-18)14-7-5-4-6-8-14/h4-8,12-13,15,17,19,22H,3,9-11H2,1-2H3,(H,24,26)/t13-,15-,17-,19-/m0/s1. The highest BCUT2D eigenvalue weighted by molar-refractivity contribution is 7.09. The van der Waals surface area contributed by atoms with E-state index in [-0.39, 0.29) is 35.9 Å². The normalized spacial score (nSPS) is 25.5. The zero-order valence-corrected chi connectivity index (χ0v) is 17.0. The number of piperazine rings is 1. The van der Waals surface area contributed by atoms with Gasteiger partial charge in [0.1, 0.15) is 17.1 Å². The van der Waals surface area contributed by atoms with E-state index in [2.05, 4.69) is 28.1 Å². The molecular formula is C21H26N4O2S. The number of rotatable bonds is 6. The monoisotopic (exact) mass is 398 g/mol. The lowest BCUT2D eigenvalue weighted by atomic mass is 9.95. The molecule has 3 heterocycles. The number of nitrogens with one attached hydrogen (secondary N) is 2. The van der Waals surface area contributed by atoms with E-state index < -0.39 is 0 Å². The molecule has 0 aliphatic carbocycles. The Morgan fingerprint density at radius 1 is 1.32 bits per heavy atom. The van der Waals surface area contributed by atoms with Crippen LogP contribution in [0.25, 0.3) is 11.3 Å². The molecule has 0 unspecified atom stereocenters. The van der Waals surface area contributed by atoms with E-state index in [9.17, 15) is 9.59 Å². The maximum absolute atomic E-state index is 12.8. The summed E-state index contributed by atoms with van der Waals surface area (Å²) in [5.74, 6) is 0.190. The van der Waals surface area contributed by atoms with Crippen molar-refractivity contribution in [3.63, 3.8) is 0 Å². The summed E-state index contributed by atoms with van der Waals surface area (Å²) >= 11 is 1.63. The second-order valence-corrected chi connectivity index (χ2v) is 8.63. The number of amides is 2. The third-order valence-corrected chi connectivity index (χ3v) is 6.68. The van der Waals surface area contributed by atoms with E-state index in [0.29, 0.717) is 19.5 Å². The summed E-state index contributed by atoms with van der Waals surface area (Å²) in [4.78, 5) is 31.8. The van der Waals surface area contributed by atoms with Crippen LogP contribution in [0.15, 0.2) is 35.7 Å². The summed E-state index contributed by atoms with van der Waals surface area (Å²) in [5.41, 5.74) is 2.10. The van der Waals surface area contributed by atoms with Gasteiger partial charge in [-0.3, -0.25) is 9.59 Å². The van der Waals surface area contributed by atoms with E-state index in [0.717, 1.165) is 22.7 Å². The first-order valence-corrected chi connectivity index (χ1v) is 10.8. The molecule has 4 rings (SSSR count). The topological polar surface area (TPSA) is 74.3 Å². The van der Waals surface area contributed by atoms with Gasteiger partial charge in [-0.2, -0.15) is 0 Å². The highest BCUT2D eigenvalue weighted by Crippen LogP contribution is 2.26. The lowest BCUT2D eigenvalue weighted by Crippen LogP contribution is -2.62. The van der Waals surface area contributed by atoms with Crippen LogP contribution in [-0.2, 0) is 16.1 Å². The number of hydrogen-bond donors (Lipinski definition) is 2. The van der Waals surface area contributed by atoms with Crippen LogP contribution in [-0.4, -0.2) is 46.4 Å². The molecule has 1 aromatic heterocycles. The molecule has 2 aromatic rings. The van der Waals surface area contributed by atoms with Crippen molar-refractivity contribution in [3.8, 4) is 11.3 Å². The Morgan fingerprint density at radius 2 is 2.11 bits per heavy atom. The summed E-state index contributed by atoms with van der Waals surface area (Å²) in [6.45, 7) is 5.29. The van der Waals surface area contributed by atoms with Gasteiger partial charge >= 0.3 is 0 Å². The van der Waals surface area contributed by atoms with Gasteiger partial charge in [-0.1, -0.05) is 50.6 Å². The van der Waals surface area contributed by atoms with Gasteiger partial charge in [0, 0.05) is 30.1 Å². The molecule has 0 bridgehead atoms. The second kappa shape index (κ2) is 8.01. The zero-order valence-electron chi connectivity index (χ0n) is 16.2. The SMILES string of the molecule is CC[C@H](C)[C@@H]1NC(=O)[C@@H]2C[C@H](NCc3nc(-c4ccccc4)cs3)CN2C1=O. The number of carbonyl (C=O) groups excluding carboxylic acids is 2. The molecular weight excluding hydrogens is 372 g/mol. The van der Waals surface area contributed by atoms with Gasteiger partial charge in [-0.15, -0.1) is 11.3 Å². The first kappa shape index (κ1) is 19.1. The quantitative estimate of drug-likeness (QED) is 0.784. The molecule has 2 saturated heterocycles. The lowest BCUT2D eigenvalue weighted by Gasteiger charge is -2.36. The molecule has 4 atom stereocenters. The summed E-state index contributed by atoms with van der Waals surface area (Å²) in [6, 6.07) is 9.50. The van der Waals surface area contributed by atoms with E-state index in [1.54, 1.807) is 16.2 Å². The molecule has 1 aromatic carbocycles. The number of hydrogen-bond acceptors (Lipinski definition) is 5. The Labute approximate surface area is 169 Å². The molecule has 2 amide bonds. The van der Waals surface area contributed by atoms with Gasteiger partial charge in [0.15, 0.2) is 0 Å². The molecule has 28 heavy (non-hydrogen) atoms. The molecule has 2 aliphatic rings. The van der Waals surface area contributed by atoms with Crippen molar-refractivity contribution in [2.75, 3.05) is 6.54 Å². The minimum Gasteiger partial charge on any atom is -0.342 e. The van der Waals surface area contributed by atoms with Crippen molar-refractivity contribution in [2.24, 2.45) is 5.92 Å². The van der Waals surface area contributed by atoms with Crippen LogP contribution in [0.3, 0.4) is 0 Å². The molecule has 7 heteroatoms. The number of fused-ring (bicyclic) bond motifs is 1. The highest BCUT2D eigenvalue weighted by Gasteiger charge is 2.47. The van der Waals surface area contributed by atoms with E-state index >= 15 is 0 Å². The zero-order chi connectivity index (χ0) is 19.7. The minimum atomic E-state index is -0.389. The van der Waals surface area contributed by atoms with Crippen molar-refractivity contribution in [2.45, 2.75) is 51.4 Å². The predicted molar refractivity (Wildman–Crippen MR) is 110 cm³/mol. The van der Waals surface area contributed by atoms with Crippen molar-refractivity contribution in [3.05, 3.63) is 40.7 Å². The Morgan fingerprint density at radius 3 is 2.86 bits per heavy atom. The number of carbonyl (C=O) groups is 2.